The van der Waals surface area contributed by atoms with Crippen LogP contribution in [0.3, 0.4) is 0 Å². The number of nitrogens with zero attached hydrogens (tertiary/aromatic N) is 1. The van der Waals surface area contributed by atoms with E-state index in [0.29, 0.717) is 12.3 Å². The summed E-state index contributed by atoms with van der Waals surface area (Å²) in [6.45, 7) is 6.92. The number of ether oxygens (including phenoxy) is 2. The lowest BCUT2D eigenvalue weighted by atomic mass is 10.1. The van der Waals surface area contributed by atoms with Crippen LogP contribution >= 0.6 is 0 Å². The lowest BCUT2D eigenvalue weighted by molar-refractivity contribution is 0.110. The quantitative estimate of drug-likeness (QED) is 0.756. The molecule has 0 spiro atoms. The molecule has 0 amide bonds. The SMILES string of the molecule is CCCN(CCC)CC(O)c1cc(OC)ccc1OC. The van der Waals surface area contributed by atoms with Crippen molar-refractivity contribution >= 4 is 0 Å². The second-order valence-electron chi connectivity index (χ2n) is 4.92. The molecule has 0 aliphatic rings. The monoisotopic (exact) mass is 281 g/mol. The minimum absolute atomic E-state index is 0.571. The lowest BCUT2D eigenvalue weighted by Gasteiger charge is -2.25. The molecule has 0 radical (unpaired) electrons. The Bertz CT molecular complexity index is 389. The topological polar surface area (TPSA) is 41.9 Å². The van der Waals surface area contributed by atoms with Gasteiger partial charge in [0.15, 0.2) is 0 Å². The van der Waals surface area contributed by atoms with E-state index in [2.05, 4.69) is 18.7 Å². The fourth-order valence-electron chi connectivity index (χ4n) is 2.37. The first-order valence-corrected chi connectivity index (χ1v) is 7.28. The van der Waals surface area contributed by atoms with Gasteiger partial charge < -0.3 is 19.5 Å². The van der Waals surface area contributed by atoms with Gasteiger partial charge in [0.1, 0.15) is 11.5 Å². The maximum Gasteiger partial charge on any atom is 0.124 e. The van der Waals surface area contributed by atoms with Crippen molar-refractivity contribution in [2.45, 2.75) is 32.8 Å². The average Bonchev–Trinajstić information content (AvgIpc) is 2.47. The maximum absolute atomic E-state index is 10.5. The summed E-state index contributed by atoms with van der Waals surface area (Å²) in [5, 5.41) is 10.5. The number of aliphatic hydroxyl groups excluding tert-OH is 1. The molecule has 1 unspecified atom stereocenters. The molecule has 0 aliphatic heterocycles. The fourth-order valence-corrected chi connectivity index (χ4v) is 2.37. The molecule has 20 heavy (non-hydrogen) atoms. The second-order valence-corrected chi connectivity index (χ2v) is 4.92. The zero-order valence-corrected chi connectivity index (χ0v) is 13.1. The van der Waals surface area contributed by atoms with E-state index < -0.39 is 6.10 Å². The average molecular weight is 281 g/mol. The first kappa shape index (κ1) is 16.8. The Hall–Kier alpha value is -1.26. The third kappa shape index (κ3) is 4.69. The fraction of sp³-hybridized carbons (Fsp3) is 0.625. The Balaban J connectivity index is 2.85. The third-order valence-corrected chi connectivity index (χ3v) is 3.31. The van der Waals surface area contributed by atoms with Crippen LogP contribution in [0, 0.1) is 0 Å². The van der Waals surface area contributed by atoms with Crippen molar-refractivity contribution in [3.63, 3.8) is 0 Å². The molecule has 114 valence electrons. The minimum atomic E-state index is -0.571. The number of methoxy groups -OCH3 is 2. The summed E-state index contributed by atoms with van der Waals surface area (Å²) in [5.74, 6) is 1.43. The molecular weight excluding hydrogens is 254 g/mol. The van der Waals surface area contributed by atoms with Crippen molar-refractivity contribution in [1.29, 1.82) is 0 Å². The van der Waals surface area contributed by atoms with Crippen LogP contribution in [0.15, 0.2) is 18.2 Å². The van der Waals surface area contributed by atoms with Gasteiger partial charge in [-0.25, -0.2) is 0 Å². The van der Waals surface area contributed by atoms with E-state index in [4.69, 9.17) is 9.47 Å². The van der Waals surface area contributed by atoms with Gasteiger partial charge in [0, 0.05) is 12.1 Å². The third-order valence-electron chi connectivity index (χ3n) is 3.31. The van der Waals surface area contributed by atoms with E-state index in [-0.39, 0.29) is 0 Å². The Morgan fingerprint density at radius 1 is 1.10 bits per heavy atom. The number of aliphatic hydroxyl groups is 1. The molecule has 0 saturated heterocycles. The molecule has 1 aromatic carbocycles. The highest BCUT2D eigenvalue weighted by Gasteiger charge is 2.17. The van der Waals surface area contributed by atoms with Crippen molar-refractivity contribution in [2.75, 3.05) is 33.9 Å². The van der Waals surface area contributed by atoms with Crippen molar-refractivity contribution < 1.29 is 14.6 Å². The van der Waals surface area contributed by atoms with Crippen LogP contribution < -0.4 is 9.47 Å². The molecule has 1 aromatic rings. The summed E-state index contributed by atoms with van der Waals surface area (Å²) >= 11 is 0. The van der Waals surface area contributed by atoms with Crippen LogP contribution in [0.5, 0.6) is 11.5 Å². The van der Waals surface area contributed by atoms with E-state index in [1.54, 1.807) is 14.2 Å². The minimum Gasteiger partial charge on any atom is -0.497 e. The smallest absolute Gasteiger partial charge is 0.124 e. The number of benzene rings is 1. The molecule has 4 nitrogen and oxygen atoms in total. The molecule has 0 heterocycles. The van der Waals surface area contributed by atoms with Crippen LogP contribution in [-0.2, 0) is 0 Å². The molecule has 4 heteroatoms. The van der Waals surface area contributed by atoms with E-state index in [1.165, 1.54) is 0 Å². The highest BCUT2D eigenvalue weighted by Crippen LogP contribution is 2.29. The van der Waals surface area contributed by atoms with Crippen molar-refractivity contribution in [3.05, 3.63) is 23.8 Å². The molecule has 0 saturated carbocycles. The summed E-state index contributed by atoms with van der Waals surface area (Å²) < 4.78 is 10.6. The summed E-state index contributed by atoms with van der Waals surface area (Å²) in [6, 6.07) is 5.52. The first-order valence-electron chi connectivity index (χ1n) is 7.28. The highest BCUT2D eigenvalue weighted by molar-refractivity contribution is 5.41. The summed E-state index contributed by atoms with van der Waals surface area (Å²) in [6.07, 6.45) is 1.60. The predicted molar refractivity (Wildman–Crippen MR) is 81.5 cm³/mol. The second kappa shape index (κ2) is 8.82. The zero-order chi connectivity index (χ0) is 15.0. The standard InChI is InChI=1S/C16H27NO3/c1-5-9-17(10-6-2)12-15(18)14-11-13(19-3)7-8-16(14)20-4/h7-8,11,15,18H,5-6,9-10,12H2,1-4H3. The Morgan fingerprint density at radius 2 is 1.75 bits per heavy atom. The van der Waals surface area contributed by atoms with Gasteiger partial charge in [0.05, 0.1) is 20.3 Å². The van der Waals surface area contributed by atoms with Gasteiger partial charge in [0.25, 0.3) is 0 Å². The number of hydrogen-bond acceptors (Lipinski definition) is 4. The summed E-state index contributed by atoms with van der Waals surface area (Å²) in [4.78, 5) is 2.28. The van der Waals surface area contributed by atoms with Crippen LogP contribution in [0.4, 0.5) is 0 Å². The zero-order valence-electron chi connectivity index (χ0n) is 13.1. The van der Waals surface area contributed by atoms with Crippen LogP contribution in [0.2, 0.25) is 0 Å². The molecular formula is C16H27NO3. The van der Waals surface area contributed by atoms with E-state index >= 15 is 0 Å². The Kier molecular flexibility index (Phi) is 7.41. The molecule has 0 fully saturated rings. The first-order chi connectivity index (χ1) is 9.65. The number of rotatable bonds is 9. The van der Waals surface area contributed by atoms with Crippen LogP contribution in [0.25, 0.3) is 0 Å². The predicted octanol–water partition coefficient (Wildman–Crippen LogP) is 2.86. The maximum atomic E-state index is 10.5. The Morgan fingerprint density at radius 3 is 2.25 bits per heavy atom. The van der Waals surface area contributed by atoms with Crippen molar-refractivity contribution in [3.8, 4) is 11.5 Å². The van der Waals surface area contributed by atoms with Gasteiger partial charge in [-0.1, -0.05) is 13.8 Å². The van der Waals surface area contributed by atoms with Gasteiger partial charge >= 0.3 is 0 Å². The van der Waals surface area contributed by atoms with Crippen molar-refractivity contribution in [1.82, 2.24) is 4.90 Å². The lowest BCUT2D eigenvalue weighted by Crippen LogP contribution is -2.30. The van der Waals surface area contributed by atoms with E-state index in [9.17, 15) is 5.11 Å². The summed E-state index contributed by atoms with van der Waals surface area (Å²) in [5.41, 5.74) is 0.782. The molecule has 1 N–H and O–H groups in total. The van der Waals surface area contributed by atoms with Crippen LogP contribution in [-0.4, -0.2) is 43.9 Å². The molecule has 0 bridgehead atoms. The van der Waals surface area contributed by atoms with E-state index in [0.717, 1.165) is 37.2 Å². The van der Waals surface area contributed by atoms with E-state index in [1.807, 2.05) is 18.2 Å². The van der Waals surface area contributed by atoms with Gasteiger partial charge in [-0.3, -0.25) is 0 Å². The van der Waals surface area contributed by atoms with Crippen LogP contribution in [0.1, 0.15) is 38.4 Å². The molecule has 1 atom stereocenters. The molecule has 0 aliphatic carbocycles. The molecule has 0 aromatic heterocycles. The summed E-state index contributed by atoms with van der Waals surface area (Å²) in [7, 11) is 3.24. The van der Waals surface area contributed by atoms with Gasteiger partial charge in [-0.2, -0.15) is 0 Å². The van der Waals surface area contributed by atoms with Gasteiger partial charge in [-0.05, 0) is 44.1 Å². The van der Waals surface area contributed by atoms with Gasteiger partial charge in [0.2, 0.25) is 0 Å². The number of hydrogen-bond donors (Lipinski definition) is 1. The highest BCUT2D eigenvalue weighted by atomic mass is 16.5. The largest absolute Gasteiger partial charge is 0.497 e. The Labute approximate surface area is 122 Å². The van der Waals surface area contributed by atoms with Gasteiger partial charge in [-0.15, -0.1) is 0 Å². The molecule has 1 rings (SSSR count). The van der Waals surface area contributed by atoms with Crippen molar-refractivity contribution in [2.24, 2.45) is 0 Å². The normalized spacial score (nSPS) is 12.5.